The Balaban J connectivity index is 2.42. The van der Waals surface area contributed by atoms with Crippen LogP contribution in [0.1, 0.15) is 28.3 Å². The van der Waals surface area contributed by atoms with Gasteiger partial charge in [0.2, 0.25) is 0 Å². The van der Waals surface area contributed by atoms with Crippen molar-refractivity contribution in [2.24, 2.45) is 5.73 Å². The van der Waals surface area contributed by atoms with Crippen LogP contribution in [0.5, 0.6) is 0 Å². The maximum Gasteiger partial charge on any atom is 0.0664 e. The Morgan fingerprint density at radius 3 is 2.25 bits per heavy atom. The number of nitrogens with two attached hydrogens (primary N) is 1. The molecule has 2 N–H and O–H groups in total. The molecule has 20 heavy (non-hydrogen) atoms. The van der Waals surface area contributed by atoms with Crippen molar-refractivity contribution in [2.75, 3.05) is 18.5 Å². The maximum atomic E-state index is 6.07. The minimum Gasteiger partial charge on any atom is -0.366 e. The standard InChI is InChI=1S/C18H24N2/c1-13-9-7-10-16(15(13)3)18(12-19)20(4)17-11-6-5-8-14(17)2/h5-11,18H,12,19H2,1-4H3. The SMILES string of the molecule is Cc1ccccc1N(C)C(CN)c1cccc(C)c1C. The molecule has 2 nitrogen and oxygen atoms in total. The minimum absolute atomic E-state index is 0.205. The van der Waals surface area contributed by atoms with E-state index in [2.05, 4.69) is 75.2 Å². The summed E-state index contributed by atoms with van der Waals surface area (Å²) in [6.45, 7) is 7.08. The largest absolute Gasteiger partial charge is 0.366 e. The Bertz CT molecular complexity index is 590. The van der Waals surface area contributed by atoms with Crippen molar-refractivity contribution in [1.82, 2.24) is 0 Å². The van der Waals surface area contributed by atoms with Gasteiger partial charge in [0.15, 0.2) is 0 Å². The Kier molecular flexibility index (Phi) is 4.46. The summed E-state index contributed by atoms with van der Waals surface area (Å²) in [5.74, 6) is 0. The lowest BCUT2D eigenvalue weighted by molar-refractivity contribution is 0.674. The van der Waals surface area contributed by atoms with Crippen LogP contribution < -0.4 is 10.6 Å². The first kappa shape index (κ1) is 14.6. The third-order valence-electron chi connectivity index (χ3n) is 4.19. The second-order valence-electron chi connectivity index (χ2n) is 5.44. The molecule has 2 aromatic rings. The summed E-state index contributed by atoms with van der Waals surface area (Å²) < 4.78 is 0. The van der Waals surface area contributed by atoms with Crippen LogP contribution in [-0.2, 0) is 0 Å². The van der Waals surface area contributed by atoms with Crippen molar-refractivity contribution in [3.8, 4) is 0 Å². The molecule has 0 amide bonds. The molecule has 0 fully saturated rings. The molecule has 0 saturated carbocycles. The third-order valence-corrected chi connectivity index (χ3v) is 4.19. The minimum atomic E-state index is 0.205. The maximum absolute atomic E-state index is 6.07. The molecule has 0 aromatic heterocycles. The predicted molar refractivity (Wildman–Crippen MR) is 87.3 cm³/mol. The Morgan fingerprint density at radius 2 is 1.60 bits per heavy atom. The normalized spacial score (nSPS) is 12.2. The van der Waals surface area contributed by atoms with Gasteiger partial charge in [-0.25, -0.2) is 0 Å². The van der Waals surface area contributed by atoms with E-state index in [1.54, 1.807) is 0 Å². The Labute approximate surface area is 122 Å². The summed E-state index contributed by atoms with van der Waals surface area (Å²) in [4.78, 5) is 2.29. The van der Waals surface area contributed by atoms with Crippen LogP contribution in [0.25, 0.3) is 0 Å². The van der Waals surface area contributed by atoms with Gasteiger partial charge in [-0.15, -0.1) is 0 Å². The number of hydrogen-bond acceptors (Lipinski definition) is 2. The van der Waals surface area contributed by atoms with E-state index in [0.717, 1.165) is 0 Å². The van der Waals surface area contributed by atoms with Crippen molar-refractivity contribution in [3.05, 3.63) is 64.7 Å². The van der Waals surface area contributed by atoms with Crippen LogP contribution in [0.3, 0.4) is 0 Å². The number of para-hydroxylation sites is 1. The lowest BCUT2D eigenvalue weighted by Gasteiger charge is -2.32. The first-order valence-electron chi connectivity index (χ1n) is 7.11. The summed E-state index contributed by atoms with van der Waals surface area (Å²) in [5, 5.41) is 0. The average Bonchev–Trinajstić information content (AvgIpc) is 2.44. The molecule has 0 spiro atoms. The molecular weight excluding hydrogens is 244 g/mol. The average molecular weight is 268 g/mol. The topological polar surface area (TPSA) is 29.3 Å². The van der Waals surface area contributed by atoms with Gasteiger partial charge in [0.05, 0.1) is 6.04 Å². The van der Waals surface area contributed by atoms with Crippen molar-refractivity contribution >= 4 is 5.69 Å². The van der Waals surface area contributed by atoms with Gasteiger partial charge in [-0.1, -0.05) is 36.4 Å². The molecular formula is C18H24N2. The molecule has 2 aromatic carbocycles. The van der Waals surface area contributed by atoms with E-state index < -0.39 is 0 Å². The first-order valence-corrected chi connectivity index (χ1v) is 7.11. The van der Waals surface area contributed by atoms with E-state index in [-0.39, 0.29) is 6.04 Å². The molecule has 0 aliphatic carbocycles. The number of benzene rings is 2. The molecule has 1 atom stereocenters. The van der Waals surface area contributed by atoms with Gasteiger partial charge < -0.3 is 10.6 Å². The fraction of sp³-hybridized carbons (Fsp3) is 0.333. The zero-order valence-corrected chi connectivity index (χ0v) is 12.9. The highest BCUT2D eigenvalue weighted by Crippen LogP contribution is 2.29. The molecule has 0 heterocycles. The summed E-state index contributed by atoms with van der Waals surface area (Å²) in [6, 6.07) is 15.1. The van der Waals surface area contributed by atoms with Gasteiger partial charge in [-0.2, -0.15) is 0 Å². The second kappa shape index (κ2) is 6.10. The van der Waals surface area contributed by atoms with Gasteiger partial charge in [0, 0.05) is 19.3 Å². The third kappa shape index (κ3) is 2.70. The molecule has 0 saturated heterocycles. The predicted octanol–water partition coefficient (Wildman–Crippen LogP) is 3.75. The van der Waals surface area contributed by atoms with Crippen molar-refractivity contribution in [2.45, 2.75) is 26.8 Å². The monoisotopic (exact) mass is 268 g/mol. The first-order chi connectivity index (χ1) is 9.56. The summed E-state index contributed by atoms with van der Waals surface area (Å²) in [5.41, 5.74) is 12.6. The van der Waals surface area contributed by atoms with E-state index in [9.17, 15) is 0 Å². The molecule has 106 valence electrons. The van der Waals surface area contributed by atoms with Gasteiger partial charge in [0.25, 0.3) is 0 Å². The zero-order chi connectivity index (χ0) is 14.7. The smallest absolute Gasteiger partial charge is 0.0664 e. The van der Waals surface area contributed by atoms with Crippen LogP contribution in [0.15, 0.2) is 42.5 Å². The summed E-state index contributed by atoms with van der Waals surface area (Å²) in [6.07, 6.45) is 0. The Morgan fingerprint density at radius 1 is 0.950 bits per heavy atom. The van der Waals surface area contributed by atoms with Gasteiger partial charge >= 0.3 is 0 Å². The van der Waals surface area contributed by atoms with Crippen LogP contribution in [0.4, 0.5) is 5.69 Å². The van der Waals surface area contributed by atoms with Crippen molar-refractivity contribution in [1.29, 1.82) is 0 Å². The number of nitrogens with zero attached hydrogens (tertiary/aromatic N) is 1. The molecule has 0 radical (unpaired) electrons. The lowest BCUT2D eigenvalue weighted by Crippen LogP contribution is -2.31. The molecule has 2 heteroatoms. The highest BCUT2D eigenvalue weighted by molar-refractivity contribution is 5.55. The van der Waals surface area contributed by atoms with E-state index in [1.807, 2.05) is 0 Å². The molecule has 0 bridgehead atoms. The van der Waals surface area contributed by atoms with Crippen LogP contribution >= 0.6 is 0 Å². The highest BCUT2D eigenvalue weighted by atomic mass is 15.1. The van der Waals surface area contributed by atoms with Crippen LogP contribution in [0.2, 0.25) is 0 Å². The highest BCUT2D eigenvalue weighted by Gasteiger charge is 2.19. The molecule has 1 unspecified atom stereocenters. The fourth-order valence-electron chi connectivity index (χ4n) is 2.76. The number of likely N-dealkylation sites (N-methyl/N-ethyl adjacent to an activating group) is 1. The second-order valence-corrected chi connectivity index (χ2v) is 5.44. The zero-order valence-electron chi connectivity index (χ0n) is 12.9. The van der Waals surface area contributed by atoms with Crippen molar-refractivity contribution < 1.29 is 0 Å². The van der Waals surface area contributed by atoms with Crippen LogP contribution in [-0.4, -0.2) is 13.6 Å². The van der Waals surface area contributed by atoms with Gasteiger partial charge in [-0.05, 0) is 49.1 Å². The van der Waals surface area contributed by atoms with Gasteiger partial charge in [0.1, 0.15) is 0 Å². The molecule has 0 aliphatic heterocycles. The van der Waals surface area contributed by atoms with E-state index in [1.165, 1.54) is 27.9 Å². The van der Waals surface area contributed by atoms with E-state index >= 15 is 0 Å². The quantitative estimate of drug-likeness (QED) is 0.915. The molecule has 2 rings (SSSR count). The number of anilines is 1. The number of hydrogen-bond donors (Lipinski definition) is 1. The van der Waals surface area contributed by atoms with E-state index in [4.69, 9.17) is 5.73 Å². The van der Waals surface area contributed by atoms with E-state index in [0.29, 0.717) is 6.54 Å². The van der Waals surface area contributed by atoms with Gasteiger partial charge in [-0.3, -0.25) is 0 Å². The number of rotatable bonds is 4. The Hall–Kier alpha value is -1.80. The summed E-state index contributed by atoms with van der Waals surface area (Å²) in [7, 11) is 2.13. The lowest BCUT2D eigenvalue weighted by atomic mass is 9.96. The molecule has 0 aliphatic rings. The van der Waals surface area contributed by atoms with Crippen molar-refractivity contribution in [3.63, 3.8) is 0 Å². The number of aryl methyl sites for hydroxylation is 2. The van der Waals surface area contributed by atoms with Crippen LogP contribution in [0, 0.1) is 20.8 Å². The fourth-order valence-corrected chi connectivity index (χ4v) is 2.76. The summed E-state index contributed by atoms with van der Waals surface area (Å²) >= 11 is 0.